The molecule has 0 bridgehead atoms. The summed E-state index contributed by atoms with van der Waals surface area (Å²) in [4.78, 5) is 40.5. The Hall–Kier alpha value is -4.27. The fraction of sp³-hybridized carbons (Fsp3) is 0.441. The Morgan fingerprint density at radius 1 is 1.26 bits per heavy atom. The van der Waals surface area contributed by atoms with Gasteiger partial charge in [-0.25, -0.2) is 9.59 Å². The molecule has 0 saturated carbocycles. The maximum absolute atomic E-state index is 13.3. The van der Waals surface area contributed by atoms with Gasteiger partial charge in [-0.2, -0.15) is 0 Å². The number of benzene rings is 1. The van der Waals surface area contributed by atoms with E-state index in [4.69, 9.17) is 19.6 Å². The van der Waals surface area contributed by atoms with E-state index in [-0.39, 0.29) is 12.3 Å². The van der Waals surface area contributed by atoms with E-state index in [9.17, 15) is 14.4 Å². The predicted octanol–water partition coefficient (Wildman–Crippen LogP) is 4.27. The van der Waals surface area contributed by atoms with Crippen molar-refractivity contribution in [2.45, 2.75) is 64.6 Å². The van der Waals surface area contributed by atoms with Gasteiger partial charge in [0.25, 0.3) is 0 Å². The van der Waals surface area contributed by atoms with Gasteiger partial charge in [0.2, 0.25) is 5.91 Å². The van der Waals surface area contributed by atoms with E-state index in [0.717, 1.165) is 41.6 Å². The molecule has 43 heavy (non-hydrogen) atoms. The second kappa shape index (κ2) is 10.8. The molecule has 6 rings (SSSR count). The molecular weight excluding hydrogens is 546 g/mol. The lowest BCUT2D eigenvalue weighted by Crippen LogP contribution is -2.63. The Bertz CT molecular complexity index is 1680. The van der Waals surface area contributed by atoms with E-state index in [1.54, 1.807) is 32.1 Å². The largest absolute Gasteiger partial charge is 0.481 e. The highest BCUT2D eigenvalue weighted by molar-refractivity contribution is 5.88. The van der Waals surface area contributed by atoms with Gasteiger partial charge in [-0.1, -0.05) is 25.2 Å². The van der Waals surface area contributed by atoms with Gasteiger partial charge < -0.3 is 29.8 Å². The van der Waals surface area contributed by atoms with Gasteiger partial charge in [0, 0.05) is 61.5 Å². The van der Waals surface area contributed by atoms with Crippen molar-refractivity contribution in [3.8, 4) is 5.75 Å². The molecule has 0 unspecified atom stereocenters. The summed E-state index contributed by atoms with van der Waals surface area (Å²) >= 11 is 0. The minimum absolute atomic E-state index is 0.0940. The number of dihydropyridines is 1. The Labute approximate surface area is 251 Å². The number of esters is 1. The van der Waals surface area contributed by atoms with Gasteiger partial charge in [0.1, 0.15) is 11.3 Å². The van der Waals surface area contributed by atoms with E-state index in [0.29, 0.717) is 48.0 Å². The fourth-order valence-corrected chi connectivity index (χ4v) is 6.76. The number of nitrogens with two attached hydrogens (primary N) is 1. The van der Waals surface area contributed by atoms with Crippen LogP contribution in [0.1, 0.15) is 52.5 Å². The number of fused-ring (bicyclic) bond motifs is 2. The summed E-state index contributed by atoms with van der Waals surface area (Å²) in [5, 5.41) is 3.99. The van der Waals surface area contributed by atoms with Gasteiger partial charge in [0.05, 0.1) is 12.2 Å². The quantitative estimate of drug-likeness (QED) is 0.223. The van der Waals surface area contributed by atoms with Gasteiger partial charge >= 0.3 is 11.6 Å². The molecule has 1 aliphatic carbocycles. The van der Waals surface area contributed by atoms with Crippen molar-refractivity contribution in [1.82, 2.24) is 10.2 Å². The van der Waals surface area contributed by atoms with Crippen molar-refractivity contribution in [2.75, 3.05) is 19.6 Å². The normalized spacial score (nSPS) is 27.0. The maximum atomic E-state index is 13.3. The first kappa shape index (κ1) is 28.8. The first-order valence-electron chi connectivity index (χ1n) is 15.0. The number of nitrogens with zero attached hydrogens (tertiary/aromatic N) is 1. The molecule has 1 saturated heterocycles. The molecule has 3 atom stereocenters. The second-order valence-corrected chi connectivity index (χ2v) is 12.4. The molecule has 4 aliphatic rings. The third kappa shape index (κ3) is 4.94. The average Bonchev–Trinajstić information content (AvgIpc) is 3.32. The summed E-state index contributed by atoms with van der Waals surface area (Å²) in [6, 6.07) is 6.85. The lowest BCUT2D eigenvalue weighted by Gasteiger charge is -2.51. The third-order valence-corrected chi connectivity index (χ3v) is 9.67. The molecule has 3 N–H and O–H groups in total. The molecule has 0 radical (unpaired) electrons. The second-order valence-electron chi connectivity index (χ2n) is 12.4. The zero-order valence-corrected chi connectivity index (χ0v) is 25.2. The summed E-state index contributed by atoms with van der Waals surface area (Å²) in [7, 11) is 0. The number of hydrogen-bond acceptors (Lipinski definition) is 8. The standard InChI is InChI=1S/C34H39N3O6/c1-5-20(3)32(40)43-33(4)11-7-8-26(25-14-29(35)36-17-24(25)13-30(38)37-18-21(6-2)19-37)34(33)16-23-12-22-9-10-31(39)41-27(22)15-28(23)42-34/h5,7-10,12,14-15,21,26,36H,6,11,13,16-19,35H2,1-4H3/b20-5+/t26-,33+,34+/m0/s1. The fourth-order valence-electron chi connectivity index (χ4n) is 6.76. The van der Waals surface area contributed by atoms with Crippen LogP contribution in [-0.4, -0.2) is 47.6 Å². The zero-order chi connectivity index (χ0) is 30.5. The van der Waals surface area contributed by atoms with Crippen LogP contribution in [0.2, 0.25) is 0 Å². The summed E-state index contributed by atoms with van der Waals surface area (Å²) < 4.78 is 18.8. The van der Waals surface area contributed by atoms with Gasteiger partial charge in [0.15, 0.2) is 11.2 Å². The number of nitrogens with one attached hydrogen (secondary N) is 1. The van der Waals surface area contributed by atoms with Crippen LogP contribution in [0.15, 0.2) is 80.3 Å². The van der Waals surface area contributed by atoms with E-state index in [1.807, 2.05) is 30.0 Å². The van der Waals surface area contributed by atoms with E-state index >= 15 is 0 Å². The number of likely N-dealkylation sites (tertiary alicyclic amines) is 1. The minimum Gasteiger partial charge on any atom is -0.481 e. The summed E-state index contributed by atoms with van der Waals surface area (Å²) in [5.41, 5.74) is 7.42. The van der Waals surface area contributed by atoms with Crippen LogP contribution >= 0.6 is 0 Å². The first-order chi connectivity index (χ1) is 20.6. The zero-order valence-electron chi connectivity index (χ0n) is 25.2. The van der Waals surface area contributed by atoms with E-state index < -0.39 is 28.7 Å². The van der Waals surface area contributed by atoms with Gasteiger partial charge in [-0.15, -0.1) is 0 Å². The molecule has 1 spiro atoms. The number of carbonyl (C=O) groups is 2. The van der Waals surface area contributed by atoms with Crippen molar-refractivity contribution in [3.05, 3.63) is 87.1 Å². The summed E-state index contributed by atoms with van der Waals surface area (Å²) in [6.07, 6.45) is 9.93. The van der Waals surface area contributed by atoms with Crippen molar-refractivity contribution in [3.63, 3.8) is 0 Å². The first-order valence-corrected chi connectivity index (χ1v) is 15.0. The third-order valence-electron chi connectivity index (χ3n) is 9.67. The number of rotatable bonds is 6. The predicted molar refractivity (Wildman–Crippen MR) is 163 cm³/mol. The number of amides is 1. The molecule has 4 heterocycles. The average molecular weight is 586 g/mol. The minimum atomic E-state index is -1.08. The Morgan fingerprint density at radius 2 is 2.05 bits per heavy atom. The summed E-state index contributed by atoms with van der Waals surface area (Å²) in [6.45, 7) is 9.62. The topological polar surface area (TPSA) is 124 Å². The Balaban J connectivity index is 1.46. The smallest absolute Gasteiger partial charge is 0.336 e. The van der Waals surface area contributed by atoms with Crippen molar-refractivity contribution in [2.24, 2.45) is 17.6 Å². The van der Waals surface area contributed by atoms with Crippen LogP contribution in [0.5, 0.6) is 5.75 Å². The molecule has 1 amide bonds. The molecule has 9 nitrogen and oxygen atoms in total. The molecule has 3 aliphatic heterocycles. The van der Waals surface area contributed by atoms with Crippen molar-refractivity contribution in [1.29, 1.82) is 0 Å². The Morgan fingerprint density at radius 3 is 2.79 bits per heavy atom. The van der Waals surface area contributed by atoms with E-state index in [2.05, 4.69) is 18.3 Å². The van der Waals surface area contributed by atoms with Crippen LogP contribution in [0, 0.1) is 11.8 Å². The Kier molecular flexibility index (Phi) is 7.22. The van der Waals surface area contributed by atoms with Crippen molar-refractivity contribution < 1.29 is 23.5 Å². The van der Waals surface area contributed by atoms with Crippen LogP contribution in [0.25, 0.3) is 11.0 Å². The lowest BCUT2D eigenvalue weighted by molar-refractivity contribution is -0.185. The highest BCUT2D eigenvalue weighted by atomic mass is 16.6. The van der Waals surface area contributed by atoms with Crippen molar-refractivity contribution >= 4 is 22.8 Å². The number of carbonyl (C=O) groups excluding carboxylic acids is 2. The maximum Gasteiger partial charge on any atom is 0.336 e. The van der Waals surface area contributed by atoms with E-state index in [1.165, 1.54) is 6.07 Å². The molecule has 9 heteroatoms. The monoisotopic (exact) mass is 585 g/mol. The van der Waals surface area contributed by atoms with Crippen LogP contribution < -0.4 is 21.4 Å². The molecule has 1 fully saturated rings. The summed E-state index contributed by atoms with van der Waals surface area (Å²) in [5.74, 6) is 0.918. The van der Waals surface area contributed by atoms with Crippen LogP contribution in [-0.2, 0) is 20.7 Å². The molecule has 226 valence electrons. The van der Waals surface area contributed by atoms with Gasteiger partial charge in [-0.3, -0.25) is 4.79 Å². The molecule has 1 aromatic heterocycles. The number of ether oxygens (including phenoxy) is 2. The molecule has 2 aromatic rings. The van der Waals surface area contributed by atoms with Gasteiger partial charge in [-0.05, 0) is 68.0 Å². The highest BCUT2D eigenvalue weighted by Gasteiger charge is 2.62. The van der Waals surface area contributed by atoms with Crippen LogP contribution in [0.4, 0.5) is 0 Å². The van der Waals surface area contributed by atoms with Crippen LogP contribution in [0.3, 0.4) is 0 Å². The molecule has 1 aromatic carbocycles. The number of hydrogen-bond donors (Lipinski definition) is 2. The molecular formula is C34H39N3O6. The highest BCUT2D eigenvalue weighted by Crippen LogP contribution is 2.54. The lowest BCUT2D eigenvalue weighted by atomic mass is 9.63. The SMILES string of the molecule is C/C=C(\C)C(=O)O[C@]1(C)CC=C[C@@H](C2=C(CC(=O)N3CC(CC)C3)CNC(N)=C2)[C@]12Cc1cc3ccc(=O)oc3cc1O2. The number of allylic oxidation sites excluding steroid dienone is 2.